The van der Waals surface area contributed by atoms with Gasteiger partial charge in [0.15, 0.2) is 0 Å². The van der Waals surface area contributed by atoms with Crippen molar-refractivity contribution in [1.82, 2.24) is 0 Å². The van der Waals surface area contributed by atoms with Gasteiger partial charge in [0.1, 0.15) is 5.75 Å². The van der Waals surface area contributed by atoms with E-state index in [1.807, 2.05) is 6.07 Å². The number of esters is 1. The van der Waals surface area contributed by atoms with Crippen LogP contribution >= 0.6 is 0 Å². The van der Waals surface area contributed by atoms with Crippen molar-refractivity contribution >= 4 is 5.97 Å². The van der Waals surface area contributed by atoms with Crippen LogP contribution in [0.15, 0.2) is 42.5 Å². The van der Waals surface area contributed by atoms with Gasteiger partial charge in [0.2, 0.25) is 0 Å². The van der Waals surface area contributed by atoms with E-state index >= 15 is 0 Å². The van der Waals surface area contributed by atoms with Crippen molar-refractivity contribution < 1.29 is 14.6 Å². The summed E-state index contributed by atoms with van der Waals surface area (Å²) in [5.74, 6) is -0.157. The number of hydrogen-bond donors (Lipinski definition) is 1. The van der Waals surface area contributed by atoms with E-state index in [9.17, 15) is 4.79 Å². The van der Waals surface area contributed by atoms with E-state index < -0.39 is 5.97 Å². The average Bonchev–Trinajstić information content (AvgIpc) is 2.18. The molecule has 0 heterocycles. The van der Waals surface area contributed by atoms with Gasteiger partial charge in [0, 0.05) is 0 Å². The van der Waals surface area contributed by atoms with Crippen LogP contribution in [0.5, 0.6) is 5.75 Å². The Morgan fingerprint density at radius 2 is 2.00 bits per heavy atom. The molecule has 0 saturated carbocycles. The summed E-state index contributed by atoms with van der Waals surface area (Å²) >= 11 is 0. The number of benzene rings is 1. The van der Waals surface area contributed by atoms with Crippen LogP contribution in [0.4, 0.5) is 0 Å². The van der Waals surface area contributed by atoms with Gasteiger partial charge in [-0.1, -0.05) is 24.8 Å². The minimum atomic E-state index is -0.603. The van der Waals surface area contributed by atoms with Gasteiger partial charge in [-0.2, -0.15) is 0 Å². The molecule has 0 saturated heterocycles. The van der Waals surface area contributed by atoms with Crippen LogP contribution in [0, 0.1) is 0 Å². The fourth-order valence-corrected chi connectivity index (χ4v) is 0.732. The molecule has 1 aromatic carbocycles. The summed E-state index contributed by atoms with van der Waals surface area (Å²) in [7, 11) is 0. The highest BCUT2D eigenvalue weighted by atomic mass is 16.5. The molecule has 0 aromatic heterocycles. The Balaban J connectivity index is 2.60. The molecule has 0 atom stereocenters. The smallest absolute Gasteiger partial charge is 0.341 e. The highest BCUT2D eigenvalue weighted by Crippen LogP contribution is 2.09. The van der Waals surface area contributed by atoms with E-state index in [0.29, 0.717) is 5.75 Å². The number of hydrogen-bond acceptors (Lipinski definition) is 3. The minimum absolute atomic E-state index is 0.0452. The Morgan fingerprint density at radius 1 is 1.38 bits per heavy atom. The molecule has 0 unspecified atom stereocenters. The van der Waals surface area contributed by atoms with E-state index in [1.165, 1.54) is 0 Å². The third kappa shape index (κ3) is 2.72. The van der Waals surface area contributed by atoms with Gasteiger partial charge >= 0.3 is 5.97 Å². The maximum atomic E-state index is 11.1. The summed E-state index contributed by atoms with van der Waals surface area (Å²) in [6, 6.07) is 8.64. The fraction of sp³-hybridized carbons (Fsp3) is 0.100. The fourth-order valence-electron chi connectivity index (χ4n) is 0.732. The second-order valence-corrected chi connectivity index (χ2v) is 2.46. The maximum absolute atomic E-state index is 11.1. The van der Waals surface area contributed by atoms with Crippen molar-refractivity contribution in [3.05, 3.63) is 42.5 Å². The molecule has 0 radical (unpaired) electrons. The molecule has 3 nitrogen and oxygen atoms in total. The van der Waals surface area contributed by atoms with Crippen LogP contribution in [-0.4, -0.2) is 17.7 Å². The van der Waals surface area contributed by atoms with Crippen molar-refractivity contribution in [2.24, 2.45) is 0 Å². The van der Waals surface area contributed by atoms with Crippen molar-refractivity contribution in [2.45, 2.75) is 0 Å². The van der Waals surface area contributed by atoms with Crippen LogP contribution < -0.4 is 4.74 Å². The lowest BCUT2D eigenvalue weighted by atomic mass is 10.3. The molecule has 0 fully saturated rings. The zero-order valence-electron chi connectivity index (χ0n) is 7.06. The maximum Gasteiger partial charge on any atom is 0.341 e. The van der Waals surface area contributed by atoms with E-state index in [-0.39, 0.29) is 12.2 Å². The molecule has 68 valence electrons. The summed E-state index contributed by atoms with van der Waals surface area (Å²) in [4.78, 5) is 11.1. The van der Waals surface area contributed by atoms with Crippen molar-refractivity contribution in [3.8, 4) is 5.75 Å². The predicted molar refractivity (Wildman–Crippen MR) is 48.3 cm³/mol. The van der Waals surface area contributed by atoms with Crippen molar-refractivity contribution in [1.29, 1.82) is 0 Å². The topological polar surface area (TPSA) is 46.5 Å². The molecule has 3 heteroatoms. The number of ether oxygens (including phenoxy) is 1. The number of carbonyl (C=O) groups excluding carboxylic acids is 1. The number of carbonyl (C=O) groups is 1. The van der Waals surface area contributed by atoms with Gasteiger partial charge in [-0.25, -0.2) is 4.79 Å². The van der Waals surface area contributed by atoms with Crippen LogP contribution in [0.3, 0.4) is 0 Å². The monoisotopic (exact) mass is 178 g/mol. The predicted octanol–water partition coefficient (Wildman–Crippen LogP) is 1.14. The number of aliphatic hydroxyl groups excluding tert-OH is 1. The molecule has 0 bridgehead atoms. The lowest BCUT2D eigenvalue weighted by molar-refractivity contribution is -0.130. The SMILES string of the molecule is C=C(CO)C(=O)Oc1ccccc1. The van der Waals surface area contributed by atoms with Crippen molar-refractivity contribution in [2.75, 3.05) is 6.61 Å². The molecular formula is C10H10O3. The molecule has 1 aromatic rings. The lowest BCUT2D eigenvalue weighted by Crippen LogP contribution is -2.12. The number of aliphatic hydroxyl groups is 1. The summed E-state index contributed by atoms with van der Waals surface area (Å²) in [6.07, 6.45) is 0. The van der Waals surface area contributed by atoms with Gasteiger partial charge in [-0.3, -0.25) is 0 Å². The Kier molecular flexibility index (Phi) is 3.23. The van der Waals surface area contributed by atoms with Crippen LogP contribution in [0.1, 0.15) is 0 Å². The van der Waals surface area contributed by atoms with Crippen LogP contribution in [-0.2, 0) is 4.79 Å². The van der Waals surface area contributed by atoms with Gasteiger partial charge in [-0.05, 0) is 12.1 Å². The first-order valence-electron chi connectivity index (χ1n) is 3.80. The molecule has 0 aliphatic carbocycles. The highest BCUT2D eigenvalue weighted by Gasteiger charge is 2.07. The summed E-state index contributed by atoms with van der Waals surface area (Å²) in [6.45, 7) is 2.96. The first-order chi connectivity index (χ1) is 6.24. The number of rotatable bonds is 3. The summed E-state index contributed by atoms with van der Waals surface area (Å²) in [5, 5.41) is 8.58. The third-order valence-electron chi connectivity index (χ3n) is 1.43. The Labute approximate surface area is 76.3 Å². The normalized spacial score (nSPS) is 9.31. The lowest BCUT2D eigenvalue weighted by Gasteiger charge is -2.03. The molecule has 0 aliphatic rings. The largest absolute Gasteiger partial charge is 0.423 e. The van der Waals surface area contributed by atoms with E-state index in [0.717, 1.165) is 0 Å². The molecule has 1 rings (SSSR count). The first-order valence-corrected chi connectivity index (χ1v) is 3.80. The second kappa shape index (κ2) is 4.42. The Hall–Kier alpha value is -1.61. The molecule has 13 heavy (non-hydrogen) atoms. The van der Waals surface area contributed by atoms with E-state index in [2.05, 4.69) is 6.58 Å². The van der Waals surface area contributed by atoms with Gasteiger partial charge < -0.3 is 9.84 Å². The van der Waals surface area contributed by atoms with Crippen LogP contribution in [0.25, 0.3) is 0 Å². The van der Waals surface area contributed by atoms with Gasteiger partial charge in [-0.15, -0.1) is 0 Å². The summed E-state index contributed by atoms with van der Waals surface area (Å²) in [5.41, 5.74) is 0.0452. The van der Waals surface area contributed by atoms with Gasteiger partial charge in [0.25, 0.3) is 0 Å². The second-order valence-electron chi connectivity index (χ2n) is 2.46. The third-order valence-corrected chi connectivity index (χ3v) is 1.43. The first kappa shape index (κ1) is 9.48. The molecular weight excluding hydrogens is 168 g/mol. The Bertz CT molecular complexity index is 303. The molecule has 0 spiro atoms. The minimum Gasteiger partial charge on any atom is -0.423 e. The standard InChI is InChI=1S/C10H10O3/c1-8(7-11)10(12)13-9-5-3-2-4-6-9/h2-6,11H,1,7H2. The van der Waals surface area contributed by atoms with E-state index in [4.69, 9.17) is 9.84 Å². The summed E-state index contributed by atoms with van der Waals surface area (Å²) < 4.78 is 4.87. The highest BCUT2D eigenvalue weighted by molar-refractivity contribution is 5.89. The Morgan fingerprint density at radius 3 is 2.54 bits per heavy atom. The molecule has 1 N–H and O–H groups in total. The zero-order chi connectivity index (χ0) is 9.68. The molecule has 0 amide bonds. The molecule has 0 aliphatic heterocycles. The van der Waals surface area contributed by atoms with Gasteiger partial charge in [0.05, 0.1) is 12.2 Å². The van der Waals surface area contributed by atoms with E-state index in [1.54, 1.807) is 24.3 Å². The van der Waals surface area contributed by atoms with Crippen LogP contribution in [0.2, 0.25) is 0 Å². The van der Waals surface area contributed by atoms with Crippen molar-refractivity contribution in [3.63, 3.8) is 0 Å². The quantitative estimate of drug-likeness (QED) is 0.429. The zero-order valence-corrected chi connectivity index (χ0v) is 7.06. The number of para-hydroxylation sites is 1. The average molecular weight is 178 g/mol.